The summed E-state index contributed by atoms with van der Waals surface area (Å²) in [4.78, 5) is 29.6. The Bertz CT molecular complexity index is 1950. The van der Waals surface area contributed by atoms with E-state index in [9.17, 15) is 23.3 Å². The molecule has 0 aliphatic carbocycles. The van der Waals surface area contributed by atoms with Crippen LogP contribution in [0.3, 0.4) is 0 Å². The molecule has 1 amide bonds. The quantitative estimate of drug-likeness (QED) is 0.0694. The fourth-order valence-electron chi connectivity index (χ4n) is 6.38. The number of thioether (sulfide) groups is 1. The number of ether oxygens (including phenoxy) is 2. The largest absolute Gasteiger partial charge is 0.496 e. The van der Waals surface area contributed by atoms with Crippen LogP contribution >= 0.6 is 11.8 Å². The van der Waals surface area contributed by atoms with Gasteiger partial charge in [0.1, 0.15) is 11.4 Å². The number of methoxy groups -OCH3 is 2. The lowest BCUT2D eigenvalue weighted by molar-refractivity contribution is -0.384. The van der Waals surface area contributed by atoms with Crippen molar-refractivity contribution in [1.29, 1.82) is 0 Å². The lowest BCUT2D eigenvalue weighted by Gasteiger charge is -2.42. The second-order valence-corrected chi connectivity index (χ2v) is 16.1. The normalized spacial score (nSPS) is 14.8. The minimum absolute atomic E-state index is 0.141. The Balaban J connectivity index is 1.22. The number of piperidine rings is 1. The molecule has 1 heterocycles. The van der Waals surface area contributed by atoms with Gasteiger partial charge in [-0.1, -0.05) is 36.4 Å². The molecule has 0 aromatic heterocycles. The molecular weight excluding hydrogens is 715 g/mol. The zero-order valence-electron chi connectivity index (χ0n) is 30.5. The van der Waals surface area contributed by atoms with E-state index in [1.54, 1.807) is 50.2 Å². The molecule has 1 aliphatic rings. The van der Waals surface area contributed by atoms with Gasteiger partial charge in [-0.2, -0.15) is 0 Å². The van der Waals surface area contributed by atoms with Gasteiger partial charge in [-0.15, -0.1) is 11.8 Å². The predicted octanol–water partition coefficient (Wildman–Crippen LogP) is 6.47. The van der Waals surface area contributed by atoms with E-state index >= 15 is 0 Å². The molecule has 53 heavy (non-hydrogen) atoms. The number of nitro groups is 1. The molecule has 0 spiro atoms. The fraction of sp³-hybridized carbons (Fsp3) is 0.359. The van der Waals surface area contributed by atoms with Gasteiger partial charge in [-0.3, -0.25) is 14.9 Å². The van der Waals surface area contributed by atoms with Crippen molar-refractivity contribution in [2.24, 2.45) is 0 Å². The molecule has 0 radical (unpaired) electrons. The topological polar surface area (TPSA) is 143 Å². The Kier molecular flexibility index (Phi) is 13.4. The second kappa shape index (κ2) is 17.9. The smallest absolute Gasteiger partial charge is 0.293 e. The molecule has 1 saturated heterocycles. The molecular formula is C39H47N5O7S2. The van der Waals surface area contributed by atoms with Gasteiger partial charge in [0.2, 0.25) is 0 Å². The third kappa shape index (κ3) is 10.5. The van der Waals surface area contributed by atoms with Crippen LogP contribution in [-0.4, -0.2) is 89.5 Å². The maximum Gasteiger partial charge on any atom is 0.293 e. The van der Waals surface area contributed by atoms with E-state index in [1.807, 2.05) is 67.5 Å². The predicted molar refractivity (Wildman–Crippen MR) is 210 cm³/mol. The Morgan fingerprint density at radius 2 is 1.66 bits per heavy atom. The summed E-state index contributed by atoms with van der Waals surface area (Å²) in [5.41, 5.74) is 1.61. The van der Waals surface area contributed by atoms with Gasteiger partial charge in [-0.25, -0.2) is 13.1 Å². The van der Waals surface area contributed by atoms with Gasteiger partial charge in [0.15, 0.2) is 0 Å². The molecule has 0 bridgehead atoms. The van der Waals surface area contributed by atoms with Crippen LogP contribution in [0.25, 0.3) is 0 Å². The molecule has 14 heteroatoms. The maximum atomic E-state index is 13.3. The van der Waals surface area contributed by atoms with Crippen LogP contribution in [-0.2, 0) is 21.2 Å². The van der Waals surface area contributed by atoms with Crippen LogP contribution in [0.4, 0.5) is 17.1 Å². The number of carbonyl (C=O) groups excluding carboxylic acids is 1. The minimum Gasteiger partial charge on any atom is -0.496 e. The number of hydrogen-bond acceptors (Lipinski definition) is 11. The number of carbonyl (C=O) groups is 1. The van der Waals surface area contributed by atoms with E-state index in [4.69, 9.17) is 9.47 Å². The van der Waals surface area contributed by atoms with Crippen molar-refractivity contribution in [1.82, 2.24) is 9.62 Å². The summed E-state index contributed by atoms with van der Waals surface area (Å²) in [7, 11) is 2.89. The highest BCUT2D eigenvalue weighted by Crippen LogP contribution is 2.35. The Labute approximate surface area is 316 Å². The molecule has 1 aliphatic heterocycles. The number of nitrogens with one attached hydrogen (secondary N) is 2. The molecule has 1 fully saturated rings. The number of sulfonamides is 1. The van der Waals surface area contributed by atoms with Crippen LogP contribution in [0.15, 0.2) is 107 Å². The van der Waals surface area contributed by atoms with Crippen molar-refractivity contribution >= 4 is 44.8 Å². The summed E-state index contributed by atoms with van der Waals surface area (Å²) in [5.74, 6) is 0.639. The van der Waals surface area contributed by atoms with Crippen molar-refractivity contribution in [3.05, 3.63) is 118 Å². The lowest BCUT2D eigenvalue weighted by atomic mass is 9.84. The lowest BCUT2D eigenvalue weighted by Crippen LogP contribution is -2.47. The van der Waals surface area contributed by atoms with Gasteiger partial charge >= 0.3 is 0 Å². The van der Waals surface area contributed by atoms with Crippen molar-refractivity contribution in [2.75, 3.05) is 63.9 Å². The fourth-order valence-corrected chi connectivity index (χ4v) is 8.37. The molecule has 4 aromatic rings. The van der Waals surface area contributed by atoms with Gasteiger partial charge in [-0.05, 0) is 100 Å². The summed E-state index contributed by atoms with van der Waals surface area (Å²) in [6, 6.07) is 28.0. The number of anilines is 2. The number of amides is 1. The summed E-state index contributed by atoms with van der Waals surface area (Å²) >= 11 is 1.63. The number of nitrogens with zero attached hydrogens (tertiary/aromatic N) is 3. The molecule has 2 N–H and O–H groups in total. The second-order valence-electron chi connectivity index (χ2n) is 13.3. The molecule has 12 nitrogen and oxygen atoms in total. The summed E-state index contributed by atoms with van der Waals surface area (Å²) in [5, 5.41) is 15.4. The van der Waals surface area contributed by atoms with E-state index in [0.29, 0.717) is 12.2 Å². The average Bonchev–Trinajstić information content (AvgIpc) is 3.16. The molecule has 5 rings (SSSR count). The molecule has 0 unspecified atom stereocenters. The highest BCUT2D eigenvalue weighted by molar-refractivity contribution is 7.99. The Morgan fingerprint density at radius 3 is 2.30 bits per heavy atom. The van der Waals surface area contributed by atoms with Crippen LogP contribution in [0.5, 0.6) is 5.75 Å². The standard InChI is InChI=1S/C39H47N5O7S2/c1-42(2)23-20-31(28-52-33-11-6-5-7-12-33)40-35-19-18-34(26-36(35)44(46)47)53(48,49)41-38(45)29-14-16-32(17-15-29)43-24-21-39(51-4,22-25-43)27-30-10-8-9-13-37(30)50-3/h5-19,26,31,40H,20-25,27-28H2,1-4H3,(H,41,45)/t31-/m1/s1. The summed E-state index contributed by atoms with van der Waals surface area (Å²) in [6.07, 6.45) is 2.99. The van der Waals surface area contributed by atoms with Crippen LogP contribution in [0.1, 0.15) is 35.2 Å². The first-order valence-electron chi connectivity index (χ1n) is 17.4. The first-order chi connectivity index (χ1) is 25.4. The first-order valence-corrected chi connectivity index (χ1v) is 19.9. The van der Waals surface area contributed by atoms with Crippen molar-refractivity contribution in [3.63, 3.8) is 0 Å². The van der Waals surface area contributed by atoms with Gasteiger partial charge in [0.05, 0.1) is 22.5 Å². The first kappa shape index (κ1) is 39.6. The van der Waals surface area contributed by atoms with Crippen molar-refractivity contribution < 1.29 is 27.6 Å². The van der Waals surface area contributed by atoms with Crippen molar-refractivity contribution in [2.45, 2.75) is 47.1 Å². The highest BCUT2D eigenvalue weighted by Gasteiger charge is 2.36. The third-order valence-corrected chi connectivity index (χ3v) is 12.0. The van der Waals surface area contributed by atoms with E-state index in [1.165, 1.54) is 12.1 Å². The maximum absolute atomic E-state index is 13.3. The van der Waals surface area contributed by atoms with Gasteiger partial charge < -0.3 is 24.6 Å². The van der Waals surface area contributed by atoms with Crippen molar-refractivity contribution in [3.8, 4) is 5.75 Å². The number of benzene rings is 4. The monoisotopic (exact) mass is 761 g/mol. The Morgan fingerprint density at radius 1 is 0.981 bits per heavy atom. The van der Waals surface area contributed by atoms with Gasteiger partial charge in [0.25, 0.3) is 21.6 Å². The number of para-hydroxylation sites is 1. The zero-order chi connectivity index (χ0) is 38.0. The number of nitro benzene ring substituents is 1. The highest BCUT2D eigenvalue weighted by atomic mass is 32.2. The minimum atomic E-state index is -4.43. The SMILES string of the molecule is COc1ccccc1CC1(OC)CCN(c2ccc(C(=O)NS(=O)(=O)c3ccc(N[C@H](CCN(C)C)CSc4ccccc4)c([N+](=O)[O-])c3)cc2)CC1. The van der Waals surface area contributed by atoms with E-state index in [0.717, 1.165) is 66.9 Å². The average molecular weight is 762 g/mol. The van der Waals surface area contributed by atoms with Crippen LogP contribution in [0.2, 0.25) is 0 Å². The molecule has 0 saturated carbocycles. The molecule has 1 atom stereocenters. The van der Waals surface area contributed by atoms with E-state index < -0.39 is 26.5 Å². The molecule has 4 aromatic carbocycles. The number of hydrogen-bond donors (Lipinski definition) is 2. The number of rotatable bonds is 17. The summed E-state index contributed by atoms with van der Waals surface area (Å²) < 4.78 is 40.3. The molecule has 282 valence electrons. The van der Waals surface area contributed by atoms with E-state index in [-0.39, 0.29) is 27.8 Å². The van der Waals surface area contributed by atoms with E-state index in [2.05, 4.69) is 21.0 Å². The van der Waals surface area contributed by atoms with Crippen LogP contribution in [0, 0.1) is 10.1 Å². The Hall–Kier alpha value is -4.63. The van der Waals surface area contributed by atoms with Crippen LogP contribution < -0.4 is 19.7 Å². The van der Waals surface area contributed by atoms with Gasteiger partial charge in [0, 0.05) is 60.6 Å². The third-order valence-electron chi connectivity index (χ3n) is 9.49. The summed E-state index contributed by atoms with van der Waals surface area (Å²) in [6.45, 7) is 2.21. The zero-order valence-corrected chi connectivity index (χ0v) is 32.1.